The third-order valence-electron chi connectivity index (χ3n) is 3.39. The average molecular weight is 271 g/mol. The fraction of sp³-hybridized carbons (Fsp3) is 0.353. The van der Waals surface area contributed by atoms with Crippen molar-refractivity contribution in [1.29, 1.82) is 0 Å². The van der Waals surface area contributed by atoms with Crippen LogP contribution in [-0.4, -0.2) is 19.2 Å². The zero-order valence-corrected chi connectivity index (χ0v) is 12.7. The first-order valence-electron chi connectivity index (χ1n) is 6.76. The molecule has 0 spiro atoms. The fourth-order valence-corrected chi connectivity index (χ4v) is 2.36. The highest BCUT2D eigenvalue weighted by Gasteiger charge is 2.17. The number of benzene rings is 1. The Morgan fingerprint density at radius 2 is 1.65 bits per heavy atom. The topological polar surface area (TPSA) is 31.4 Å². The predicted molar refractivity (Wildman–Crippen MR) is 81.6 cm³/mol. The molecule has 0 saturated heterocycles. The molecule has 0 aliphatic rings. The van der Waals surface area contributed by atoms with E-state index in [-0.39, 0.29) is 0 Å². The normalized spacial score (nSPS) is 10.7. The molecule has 0 atom stereocenters. The van der Waals surface area contributed by atoms with Crippen molar-refractivity contribution in [2.24, 2.45) is 0 Å². The lowest BCUT2D eigenvalue weighted by Gasteiger charge is -2.18. The number of methoxy groups -OCH3 is 2. The summed E-state index contributed by atoms with van der Waals surface area (Å²) in [5.74, 6) is 2.02. The van der Waals surface area contributed by atoms with Gasteiger partial charge in [-0.15, -0.1) is 0 Å². The van der Waals surface area contributed by atoms with E-state index in [4.69, 9.17) is 9.47 Å². The van der Waals surface area contributed by atoms with Crippen LogP contribution in [0.1, 0.15) is 31.0 Å². The number of rotatable bonds is 4. The number of hydrogen-bond acceptors (Lipinski definition) is 3. The van der Waals surface area contributed by atoms with Crippen LogP contribution in [0.25, 0.3) is 11.1 Å². The van der Waals surface area contributed by atoms with Crippen molar-refractivity contribution in [2.75, 3.05) is 14.2 Å². The second-order valence-electron chi connectivity index (χ2n) is 5.11. The zero-order valence-electron chi connectivity index (χ0n) is 12.7. The lowest BCUT2D eigenvalue weighted by atomic mass is 9.92. The van der Waals surface area contributed by atoms with Gasteiger partial charge in [-0.2, -0.15) is 0 Å². The van der Waals surface area contributed by atoms with Gasteiger partial charge in [0.1, 0.15) is 11.5 Å². The average Bonchev–Trinajstić information content (AvgIpc) is 2.45. The summed E-state index contributed by atoms with van der Waals surface area (Å²) < 4.78 is 11.0. The van der Waals surface area contributed by atoms with Crippen LogP contribution >= 0.6 is 0 Å². The summed E-state index contributed by atoms with van der Waals surface area (Å²) in [5, 5.41) is 0. The van der Waals surface area contributed by atoms with Crippen LogP contribution in [0.4, 0.5) is 0 Å². The number of aryl methyl sites for hydroxylation is 1. The number of hydrogen-bond donors (Lipinski definition) is 0. The lowest BCUT2D eigenvalue weighted by molar-refractivity contribution is 0.397. The maximum atomic E-state index is 5.52. The molecule has 0 fully saturated rings. The summed E-state index contributed by atoms with van der Waals surface area (Å²) in [5.41, 5.74) is 4.30. The van der Waals surface area contributed by atoms with Gasteiger partial charge in [-0.3, -0.25) is 4.98 Å². The molecule has 0 saturated carbocycles. The third-order valence-corrected chi connectivity index (χ3v) is 3.39. The molecule has 0 unspecified atom stereocenters. The Morgan fingerprint density at radius 3 is 2.15 bits per heavy atom. The molecule has 3 heteroatoms. The number of aromatic nitrogens is 1. The van der Waals surface area contributed by atoms with Gasteiger partial charge < -0.3 is 9.47 Å². The molecule has 106 valence electrons. The van der Waals surface area contributed by atoms with Gasteiger partial charge in [0.2, 0.25) is 0 Å². The summed E-state index contributed by atoms with van der Waals surface area (Å²) in [7, 11) is 3.36. The van der Waals surface area contributed by atoms with Gasteiger partial charge in [0.25, 0.3) is 0 Å². The van der Waals surface area contributed by atoms with E-state index in [1.165, 1.54) is 5.56 Å². The van der Waals surface area contributed by atoms with Gasteiger partial charge in [0.15, 0.2) is 0 Å². The summed E-state index contributed by atoms with van der Waals surface area (Å²) >= 11 is 0. The molecule has 1 heterocycles. The van der Waals surface area contributed by atoms with E-state index < -0.39 is 0 Å². The van der Waals surface area contributed by atoms with Crippen molar-refractivity contribution in [3.63, 3.8) is 0 Å². The van der Waals surface area contributed by atoms with Crippen LogP contribution in [0.5, 0.6) is 11.5 Å². The highest BCUT2D eigenvalue weighted by atomic mass is 16.5. The van der Waals surface area contributed by atoms with Gasteiger partial charge in [-0.25, -0.2) is 0 Å². The van der Waals surface area contributed by atoms with E-state index >= 15 is 0 Å². The molecule has 2 aromatic rings. The predicted octanol–water partition coefficient (Wildman–Crippen LogP) is 4.20. The number of pyridine rings is 1. The van der Waals surface area contributed by atoms with Crippen molar-refractivity contribution >= 4 is 0 Å². The summed E-state index contributed by atoms with van der Waals surface area (Å²) in [6.07, 6.45) is 1.95. The Balaban J connectivity index is 2.76. The van der Waals surface area contributed by atoms with E-state index in [0.717, 1.165) is 28.3 Å². The van der Waals surface area contributed by atoms with E-state index in [2.05, 4.69) is 24.9 Å². The molecular weight excluding hydrogens is 250 g/mol. The number of ether oxygens (including phenoxy) is 2. The monoisotopic (exact) mass is 271 g/mol. The van der Waals surface area contributed by atoms with Crippen molar-refractivity contribution in [3.8, 4) is 22.6 Å². The van der Waals surface area contributed by atoms with E-state index in [1.54, 1.807) is 14.2 Å². The minimum Gasteiger partial charge on any atom is -0.496 e. The maximum Gasteiger partial charge on any atom is 0.130 e. The largest absolute Gasteiger partial charge is 0.496 e. The maximum absolute atomic E-state index is 5.52. The second-order valence-corrected chi connectivity index (χ2v) is 5.11. The first-order chi connectivity index (χ1) is 9.58. The highest BCUT2D eigenvalue weighted by molar-refractivity contribution is 5.79. The Hall–Kier alpha value is -2.03. The SMILES string of the molecule is COc1cccc(OC)c1-c1cc(C)ncc1C(C)C. The molecule has 1 aromatic heterocycles. The highest BCUT2D eigenvalue weighted by Crippen LogP contribution is 2.41. The molecule has 0 bridgehead atoms. The van der Waals surface area contributed by atoms with Crippen molar-refractivity contribution < 1.29 is 9.47 Å². The van der Waals surface area contributed by atoms with Gasteiger partial charge in [-0.1, -0.05) is 19.9 Å². The second kappa shape index (κ2) is 5.95. The first-order valence-corrected chi connectivity index (χ1v) is 6.76. The Bertz CT molecular complexity index is 584. The minimum absolute atomic E-state index is 0.382. The molecule has 0 aliphatic heterocycles. The van der Waals surface area contributed by atoms with Crippen LogP contribution in [0.15, 0.2) is 30.5 Å². The van der Waals surface area contributed by atoms with Gasteiger partial charge >= 0.3 is 0 Å². The van der Waals surface area contributed by atoms with Gasteiger partial charge in [-0.05, 0) is 42.2 Å². The summed E-state index contributed by atoms with van der Waals surface area (Å²) in [4.78, 5) is 4.42. The van der Waals surface area contributed by atoms with Crippen molar-refractivity contribution in [3.05, 3.63) is 41.7 Å². The van der Waals surface area contributed by atoms with Gasteiger partial charge in [0.05, 0.1) is 19.8 Å². The molecule has 20 heavy (non-hydrogen) atoms. The van der Waals surface area contributed by atoms with Crippen LogP contribution in [0.2, 0.25) is 0 Å². The standard InChI is InChI=1S/C17H21NO2/c1-11(2)14-10-18-12(3)9-13(14)17-15(19-4)7-6-8-16(17)20-5/h6-11H,1-5H3. The van der Waals surface area contributed by atoms with Crippen molar-refractivity contribution in [2.45, 2.75) is 26.7 Å². The van der Waals surface area contributed by atoms with Gasteiger partial charge in [0, 0.05) is 11.9 Å². The molecule has 0 radical (unpaired) electrons. The third kappa shape index (κ3) is 2.62. The van der Waals surface area contributed by atoms with E-state index in [0.29, 0.717) is 5.92 Å². The fourth-order valence-electron chi connectivity index (χ4n) is 2.36. The van der Waals surface area contributed by atoms with E-state index in [1.807, 2.05) is 31.3 Å². The quantitative estimate of drug-likeness (QED) is 0.835. The summed E-state index contributed by atoms with van der Waals surface area (Å²) in [6.45, 7) is 6.32. The molecule has 3 nitrogen and oxygen atoms in total. The van der Waals surface area contributed by atoms with E-state index in [9.17, 15) is 0 Å². The molecule has 1 aromatic carbocycles. The molecule has 0 aliphatic carbocycles. The van der Waals surface area contributed by atoms with Crippen LogP contribution in [0.3, 0.4) is 0 Å². The van der Waals surface area contributed by atoms with Crippen LogP contribution < -0.4 is 9.47 Å². The molecule has 2 rings (SSSR count). The molecular formula is C17H21NO2. The van der Waals surface area contributed by atoms with Crippen molar-refractivity contribution in [1.82, 2.24) is 4.98 Å². The van der Waals surface area contributed by atoms with Crippen LogP contribution in [-0.2, 0) is 0 Å². The molecule has 0 N–H and O–H groups in total. The minimum atomic E-state index is 0.382. The Kier molecular flexibility index (Phi) is 4.28. The lowest BCUT2D eigenvalue weighted by Crippen LogP contribution is -1.99. The Morgan fingerprint density at radius 1 is 1.05 bits per heavy atom. The first kappa shape index (κ1) is 14.4. The summed E-state index contributed by atoms with van der Waals surface area (Å²) in [6, 6.07) is 7.94. The zero-order chi connectivity index (χ0) is 14.7. The number of nitrogens with zero attached hydrogens (tertiary/aromatic N) is 1. The molecule has 0 amide bonds. The smallest absolute Gasteiger partial charge is 0.130 e. The van der Waals surface area contributed by atoms with Crippen LogP contribution in [0, 0.1) is 6.92 Å². The Labute approximate surface area is 120 Å².